The Morgan fingerprint density at radius 3 is 2.80 bits per heavy atom. The number of benzene rings is 3. The standard InChI is InChI=1S/C21H16ClNO2/c1-13-6-8-16(11-18(13)22)23-20(24)10-15-12-25-19-9-7-14-4-2-3-5-17(14)21(15)19/h2-9,11-12H,10H2,1H3,(H,23,24). The van der Waals surface area contributed by atoms with Gasteiger partial charge in [-0.25, -0.2) is 0 Å². The molecule has 0 aliphatic carbocycles. The molecule has 4 heteroatoms. The number of carbonyl (C=O) groups excluding carboxylic acids is 1. The maximum atomic E-state index is 12.5. The van der Waals surface area contributed by atoms with E-state index in [2.05, 4.69) is 11.4 Å². The summed E-state index contributed by atoms with van der Waals surface area (Å²) < 4.78 is 5.64. The maximum absolute atomic E-state index is 12.5. The molecule has 124 valence electrons. The number of fused-ring (bicyclic) bond motifs is 3. The fraction of sp³-hybridized carbons (Fsp3) is 0.0952. The number of amides is 1. The molecule has 0 unspecified atom stereocenters. The Bertz CT molecular complexity index is 1100. The van der Waals surface area contributed by atoms with Crippen LogP contribution < -0.4 is 5.32 Å². The van der Waals surface area contributed by atoms with Crippen molar-refractivity contribution in [2.24, 2.45) is 0 Å². The Labute approximate surface area is 150 Å². The van der Waals surface area contributed by atoms with Crippen molar-refractivity contribution >= 4 is 44.9 Å². The highest BCUT2D eigenvalue weighted by Crippen LogP contribution is 2.30. The SMILES string of the molecule is Cc1ccc(NC(=O)Cc2coc3ccc4ccccc4c23)cc1Cl. The number of furan rings is 1. The van der Waals surface area contributed by atoms with Crippen LogP contribution in [0.1, 0.15) is 11.1 Å². The Balaban J connectivity index is 1.65. The number of hydrogen-bond acceptors (Lipinski definition) is 2. The van der Waals surface area contributed by atoms with Gasteiger partial charge in [-0.05, 0) is 41.5 Å². The molecule has 0 saturated heterocycles. The first-order chi connectivity index (χ1) is 12.1. The van der Waals surface area contributed by atoms with Crippen LogP contribution in [0.25, 0.3) is 21.7 Å². The lowest BCUT2D eigenvalue weighted by atomic mass is 10.0. The van der Waals surface area contributed by atoms with Crippen molar-refractivity contribution < 1.29 is 9.21 Å². The highest BCUT2D eigenvalue weighted by molar-refractivity contribution is 6.31. The normalized spacial score (nSPS) is 11.1. The Hall–Kier alpha value is -2.78. The molecular weight excluding hydrogens is 334 g/mol. The van der Waals surface area contributed by atoms with Gasteiger partial charge in [0.05, 0.1) is 12.7 Å². The molecule has 3 nitrogen and oxygen atoms in total. The van der Waals surface area contributed by atoms with Crippen LogP contribution in [0, 0.1) is 6.92 Å². The fourth-order valence-corrected chi connectivity index (χ4v) is 3.23. The first-order valence-electron chi connectivity index (χ1n) is 8.05. The third kappa shape index (κ3) is 2.99. The zero-order valence-electron chi connectivity index (χ0n) is 13.7. The molecule has 0 saturated carbocycles. The monoisotopic (exact) mass is 349 g/mol. The van der Waals surface area contributed by atoms with Crippen LogP contribution in [-0.2, 0) is 11.2 Å². The largest absolute Gasteiger partial charge is 0.464 e. The smallest absolute Gasteiger partial charge is 0.228 e. The van der Waals surface area contributed by atoms with E-state index in [1.165, 1.54) is 0 Å². The lowest BCUT2D eigenvalue weighted by molar-refractivity contribution is -0.115. The first-order valence-corrected chi connectivity index (χ1v) is 8.43. The number of rotatable bonds is 3. The molecular formula is C21H16ClNO2. The minimum atomic E-state index is -0.101. The molecule has 1 amide bonds. The molecule has 0 spiro atoms. The number of carbonyl (C=O) groups is 1. The third-order valence-electron chi connectivity index (χ3n) is 4.35. The Morgan fingerprint density at radius 2 is 1.96 bits per heavy atom. The van der Waals surface area contributed by atoms with Crippen molar-refractivity contribution in [3.8, 4) is 0 Å². The number of aryl methyl sites for hydroxylation is 1. The van der Waals surface area contributed by atoms with Crippen LogP contribution in [0.4, 0.5) is 5.69 Å². The van der Waals surface area contributed by atoms with Crippen LogP contribution in [0.3, 0.4) is 0 Å². The van der Waals surface area contributed by atoms with E-state index in [0.29, 0.717) is 10.7 Å². The van der Waals surface area contributed by atoms with Crippen LogP contribution >= 0.6 is 11.6 Å². The molecule has 0 fully saturated rings. The predicted molar refractivity (Wildman–Crippen MR) is 102 cm³/mol. The van der Waals surface area contributed by atoms with Gasteiger partial charge >= 0.3 is 0 Å². The zero-order chi connectivity index (χ0) is 17.4. The van der Waals surface area contributed by atoms with E-state index in [1.807, 2.05) is 49.4 Å². The van der Waals surface area contributed by atoms with Crippen molar-refractivity contribution in [2.75, 3.05) is 5.32 Å². The average Bonchev–Trinajstić information content (AvgIpc) is 3.01. The minimum Gasteiger partial charge on any atom is -0.464 e. The molecule has 3 aromatic carbocycles. The summed E-state index contributed by atoms with van der Waals surface area (Å²) in [5.74, 6) is -0.101. The minimum absolute atomic E-state index is 0.101. The fourth-order valence-electron chi connectivity index (χ4n) is 3.05. The second kappa shape index (κ2) is 6.26. The first kappa shape index (κ1) is 15.7. The summed E-state index contributed by atoms with van der Waals surface area (Å²) in [7, 11) is 0. The molecule has 0 aliphatic heterocycles. The van der Waals surface area contributed by atoms with E-state index < -0.39 is 0 Å². The van der Waals surface area contributed by atoms with Crippen molar-refractivity contribution in [2.45, 2.75) is 13.3 Å². The van der Waals surface area contributed by atoms with E-state index >= 15 is 0 Å². The summed E-state index contributed by atoms with van der Waals surface area (Å²) in [6.45, 7) is 1.93. The summed E-state index contributed by atoms with van der Waals surface area (Å²) >= 11 is 6.12. The van der Waals surface area contributed by atoms with Gasteiger partial charge in [-0.1, -0.05) is 48.0 Å². The summed E-state index contributed by atoms with van der Waals surface area (Å²) in [6.07, 6.45) is 1.91. The van der Waals surface area contributed by atoms with Crippen molar-refractivity contribution in [1.82, 2.24) is 0 Å². The molecule has 4 aromatic rings. The molecule has 1 aromatic heterocycles. The van der Waals surface area contributed by atoms with Crippen molar-refractivity contribution in [1.29, 1.82) is 0 Å². The topological polar surface area (TPSA) is 42.2 Å². The van der Waals surface area contributed by atoms with Gasteiger partial charge in [0, 0.05) is 21.7 Å². The molecule has 0 aliphatic rings. The van der Waals surface area contributed by atoms with Gasteiger partial charge in [0.25, 0.3) is 0 Å². The van der Waals surface area contributed by atoms with E-state index in [9.17, 15) is 4.79 Å². The average molecular weight is 350 g/mol. The van der Waals surface area contributed by atoms with Gasteiger partial charge in [-0.2, -0.15) is 0 Å². The number of nitrogens with one attached hydrogen (secondary N) is 1. The highest BCUT2D eigenvalue weighted by atomic mass is 35.5. The van der Waals surface area contributed by atoms with Gasteiger partial charge in [-0.15, -0.1) is 0 Å². The summed E-state index contributed by atoms with van der Waals surface area (Å²) in [6, 6.07) is 17.6. The van der Waals surface area contributed by atoms with Crippen LogP contribution in [-0.4, -0.2) is 5.91 Å². The van der Waals surface area contributed by atoms with Crippen molar-refractivity contribution in [3.63, 3.8) is 0 Å². The van der Waals surface area contributed by atoms with E-state index in [1.54, 1.807) is 12.3 Å². The zero-order valence-corrected chi connectivity index (χ0v) is 14.4. The summed E-state index contributed by atoms with van der Waals surface area (Å²) in [5.41, 5.74) is 3.34. The van der Waals surface area contributed by atoms with Crippen LogP contribution in [0.2, 0.25) is 5.02 Å². The van der Waals surface area contributed by atoms with Gasteiger partial charge in [-0.3, -0.25) is 4.79 Å². The number of anilines is 1. The molecule has 0 bridgehead atoms. The number of halogens is 1. The molecule has 25 heavy (non-hydrogen) atoms. The second-order valence-electron chi connectivity index (χ2n) is 6.11. The second-order valence-corrected chi connectivity index (χ2v) is 6.52. The van der Waals surface area contributed by atoms with Gasteiger partial charge in [0.1, 0.15) is 5.58 Å². The molecule has 1 N–H and O–H groups in total. The summed E-state index contributed by atoms with van der Waals surface area (Å²) in [5, 5.41) is 6.75. The van der Waals surface area contributed by atoms with E-state index in [0.717, 1.165) is 32.9 Å². The van der Waals surface area contributed by atoms with Gasteiger partial charge in [0.15, 0.2) is 0 Å². The quantitative estimate of drug-likeness (QED) is 0.513. The maximum Gasteiger partial charge on any atom is 0.228 e. The molecule has 0 radical (unpaired) electrons. The van der Waals surface area contributed by atoms with E-state index in [4.69, 9.17) is 16.0 Å². The van der Waals surface area contributed by atoms with E-state index in [-0.39, 0.29) is 12.3 Å². The third-order valence-corrected chi connectivity index (χ3v) is 4.75. The van der Waals surface area contributed by atoms with Gasteiger partial charge < -0.3 is 9.73 Å². The number of hydrogen-bond donors (Lipinski definition) is 1. The van der Waals surface area contributed by atoms with Gasteiger partial charge in [0.2, 0.25) is 5.91 Å². The predicted octanol–water partition coefficient (Wildman–Crippen LogP) is 5.73. The lowest BCUT2D eigenvalue weighted by Gasteiger charge is -2.07. The van der Waals surface area contributed by atoms with Crippen LogP contribution in [0.5, 0.6) is 0 Å². The summed E-state index contributed by atoms with van der Waals surface area (Å²) in [4.78, 5) is 12.5. The molecule has 0 atom stereocenters. The Kier molecular flexibility index (Phi) is 3.94. The molecule has 4 rings (SSSR count). The van der Waals surface area contributed by atoms with Crippen LogP contribution in [0.15, 0.2) is 65.3 Å². The molecule has 1 heterocycles. The van der Waals surface area contributed by atoms with Crippen molar-refractivity contribution in [3.05, 3.63) is 77.0 Å². The highest BCUT2D eigenvalue weighted by Gasteiger charge is 2.13. The Morgan fingerprint density at radius 1 is 1.12 bits per heavy atom. The lowest BCUT2D eigenvalue weighted by Crippen LogP contribution is -2.14.